The molecule has 0 aliphatic carbocycles. The second kappa shape index (κ2) is 4.57. The lowest BCUT2D eigenvalue weighted by atomic mass is 10.1. The van der Waals surface area contributed by atoms with Crippen LogP contribution in [0.1, 0.15) is 0 Å². The Bertz CT molecular complexity index is 556. The molecule has 0 aliphatic rings. The van der Waals surface area contributed by atoms with Crippen molar-refractivity contribution in [2.24, 2.45) is 4.99 Å². The largest absolute Gasteiger partial charge is 0.278 e. The first-order valence-corrected chi connectivity index (χ1v) is 5.01. The fourth-order valence-corrected chi connectivity index (χ4v) is 1.68. The van der Waals surface area contributed by atoms with Gasteiger partial charge < -0.3 is 0 Å². The van der Waals surface area contributed by atoms with Gasteiger partial charge in [0.1, 0.15) is 5.49 Å². The van der Waals surface area contributed by atoms with E-state index in [1.54, 1.807) is 13.2 Å². The van der Waals surface area contributed by atoms with Gasteiger partial charge in [-0.2, -0.15) is 0 Å². The lowest BCUT2D eigenvalue weighted by molar-refractivity contribution is 0.545. The van der Waals surface area contributed by atoms with E-state index >= 15 is 0 Å². The molecule has 1 aromatic heterocycles. The molecule has 0 radical (unpaired) electrons. The van der Waals surface area contributed by atoms with Crippen LogP contribution < -0.4 is 5.49 Å². The van der Waals surface area contributed by atoms with Gasteiger partial charge in [0.05, 0.1) is 0 Å². The van der Waals surface area contributed by atoms with Crippen molar-refractivity contribution in [2.75, 3.05) is 7.05 Å². The van der Waals surface area contributed by atoms with E-state index in [0.29, 0.717) is 5.49 Å². The van der Waals surface area contributed by atoms with E-state index < -0.39 is 0 Å². The van der Waals surface area contributed by atoms with E-state index in [4.69, 9.17) is 0 Å². The summed E-state index contributed by atoms with van der Waals surface area (Å²) in [6, 6.07) is 13.7. The molecule has 0 saturated carbocycles. The zero-order valence-corrected chi connectivity index (χ0v) is 9.00. The molecule has 0 unspecified atom stereocenters. The van der Waals surface area contributed by atoms with Crippen LogP contribution in [0.4, 0.5) is 0 Å². The predicted molar refractivity (Wildman–Crippen MR) is 63.5 cm³/mol. The van der Waals surface area contributed by atoms with E-state index in [1.165, 1.54) is 4.57 Å². The minimum atomic E-state index is 0.670. The standard InChI is InChI=1S/C13H12N2O/c1-14-13-12(8-5-9-15(13)10-16)11-6-3-2-4-7-11/h2-10H,1H3. The Morgan fingerprint density at radius 3 is 2.50 bits per heavy atom. The molecule has 2 rings (SSSR count). The molecule has 0 bridgehead atoms. The summed E-state index contributed by atoms with van der Waals surface area (Å²) >= 11 is 0. The fraction of sp³-hybridized carbons (Fsp3) is 0.0769. The van der Waals surface area contributed by atoms with Crippen molar-refractivity contribution in [2.45, 2.75) is 0 Å². The molecule has 0 saturated heterocycles. The van der Waals surface area contributed by atoms with Crippen LogP contribution in [-0.4, -0.2) is 18.0 Å². The predicted octanol–water partition coefficient (Wildman–Crippen LogP) is 1.72. The van der Waals surface area contributed by atoms with Gasteiger partial charge in [0.2, 0.25) is 6.41 Å². The van der Waals surface area contributed by atoms with Crippen molar-refractivity contribution in [1.82, 2.24) is 4.57 Å². The van der Waals surface area contributed by atoms with Crippen molar-refractivity contribution < 1.29 is 4.79 Å². The Labute approximate surface area is 93.7 Å². The van der Waals surface area contributed by atoms with Gasteiger partial charge in [0.25, 0.3) is 0 Å². The van der Waals surface area contributed by atoms with E-state index in [9.17, 15) is 4.79 Å². The lowest BCUT2D eigenvalue weighted by Crippen LogP contribution is -2.21. The highest BCUT2D eigenvalue weighted by atomic mass is 16.1. The molecule has 1 aromatic carbocycles. The van der Waals surface area contributed by atoms with Crippen LogP contribution in [0.2, 0.25) is 0 Å². The molecule has 16 heavy (non-hydrogen) atoms. The summed E-state index contributed by atoms with van der Waals surface area (Å²) in [6.07, 6.45) is 2.45. The topological polar surface area (TPSA) is 34.4 Å². The van der Waals surface area contributed by atoms with Crippen LogP contribution in [0.3, 0.4) is 0 Å². The normalized spacial score (nSPS) is 11.4. The van der Waals surface area contributed by atoms with E-state index in [2.05, 4.69) is 4.99 Å². The van der Waals surface area contributed by atoms with Crippen LogP contribution in [0.5, 0.6) is 0 Å². The second-order valence-corrected chi connectivity index (χ2v) is 3.35. The van der Waals surface area contributed by atoms with Gasteiger partial charge in [-0.05, 0) is 17.7 Å². The Morgan fingerprint density at radius 1 is 1.12 bits per heavy atom. The number of pyridine rings is 1. The number of carbonyl (C=O) groups excluding carboxylic acids is 1. The molecule has 0 N–H and O–H groups in total. The summed E-state index contributed by atoms with van der Waals surface area (Å²) in [4.78, 5) is 15.0. The van der Waals surface area contributed by atoms with Crippen LogP contribution >= 0.6 is 0 Å². The zero-order chi connectivity index (χ0) is 11.4. The Kier molecular flexibility index (Phi) is 2.96. The monoisotopic (exact) mass is 212 g/mol. The summed E-state index contributed by atoms with van der Waals surface area (Å²) in [5, 5.41) is 0. The number of rotatable bonds is 2. The number of carbonyl (C=O) groups is 1. The quantitative estimate of drug-likeness (QED) is 0.698. The maximum atomic E-state index is 10.9. The SMILES string of the molecule is CN=c1c(-c2ccccc2)cccn1C=O. The molecule has 0 spiro atoms. The number of hydrogen-bond acceptors (Lipinski definition) is 2. The van der Waals surface area contributed by atoms with Gasteiger partial charge in [-0.25, -0.2) is 0 Å². The molecular formula is C13H12N2O. The maximum Gasteiger partial charge on any atom is 0.219 e. The van der Waals surface area contributed by atoms with Crippen molar-refractivity contribution >= 4 is 6.41 Å². The molecule has 0 fully saturated rings. The number of nitrogens with zero attached hydrogens (tertiary/aromatic N) is 2. The molecule has 3 heteroatoms. The first-order valence-electron chi connectivity index (χ1n) is 5.01. The van der Waals surface area contributed by atoms with Crippen LogP contribution in [0, 0.1) is 0 Å². The minimum absolute atomic E-state index is 0.670. The molecule has 0 atom stereocenters. The number of aromatic nitrogens is 1. The summed E-state index contributed by atoms with van der Waals surface area (Å²) in [6.45, 7) is 0. The van der Waals surface area contributed by atoms with Crippen LogP contribution in [0.25, 0.3) is 11.1 Å². The molecule has 1 heterocycles. The van der Waals surface area contributed by atoms with E-state index in [1.807, 2.05) is 42.5 Å². The Morgan fingerprint density at radius 2 is 1.88 bits per heavy atom. The van der Waals surface area contributed by atoms with Gasteiger partial charge in [-0.1, -0.05) is 30.3 Å². The highest BCUT2D eigenvalue weighted by Crippen LogP contribution is 2.13. The smallest absolute Gasteiger partial charge is 0.219 e. The molecular weight excluding hydrogens is 200 g/mol. The second-order valence-electron chi connectivity index (χ2n) is 3.35. The minimum Gasteiger partial charge on any atom is -0.278 e. The molecule has 0 amide bonds. The van der Waals surface area contributed by atoms with Gasteiger partial charge in [-0.3, -0.25) is 14.4 Å². The highest BCUT2D eigenvalue weighted by Gasteiger charge is 2.01. The fourth-order valence-electron chi connectivity index (χ4n) is 1.68. The van der Waals surface area contributed by atoms with Crippen molar-refractivity contribution in [3.05, 3.63) is 54.1 Å². The van der Waals surface area contributed by atoms with Crippen molar-refractivity contribution in [1.29, 1.82) is 0 Å². The third-order valence-electron chi connectivity index (χ3n) is 2.41. The first-order chi connectivity index (χ1) is 7.86. The average molecular weight is 212 g/mol. The van der Waals surface area contributed by atoms with E-state index in [-0.39, 0.29) is 0 Å². The Hall–Kier alpha value is -2.16. The third-order valence-corrected chi connectivity index (χ3v) is 2.41. The van der Waals surface area contributed by atoms with Gasteiger partial charge in [0.15, 0.2) is 0 Å². The first kappa shape index (κ1) is 10.4. The average Bonchev–Trinajstić information content (AvgIpc) is 2.38. The van der Waals surface area contributed by atoms with Crippen LogP contribution in [0.15, 0.2) is 53.7 Å². The van der Waals surface area contributed by atoms with Crippen molar-refractivity contribution in [3.8, 4) is 11.1 Å². The molecule has 80 valence electrons. The van der Waals surface area contributed by atoms with Gasteiger partial charge in [-0.15, -0.1) is 0 Å². The molecule has 2 aromatic rings. The van der Waals surface area contributed by atoms with Gasteiger partial charge >= 0.3 is 0 Å². The molecule has 0 aliphatic heterocycles. The van der Waals surface area contributed by atoms with Crippen LogP contribution in [-0.2, 0) is 4.79 Å². The van der Waals surface area contributed by atoms with Gasteiger partial charge in [0, 0.05) is 18.8 Å². The van der Waals surface area contributed by atoms with E-state index in [0.717, 1.165) is 17.5 Å². The highest BCUT2D eigenvalue weighted by molar-refractivity contribution is 5.64. The third kappa shape index (κ3) is 1.80. The van der Waals surface area contributed by atoms with Crippen molar-refractivity contribution in [3.63, 3.8) is 0 Å². The zero-order valence-electron chi connectivity index (χ0n) is 9.00. The lowest BCUT2D eigenvalue weighted by Gasteiger charge is -2.05. The summed E-state index contributed by atoms with van der Waals surface area (Å²) in [5.74, 6) is 0. The number of benzene rings is 1. The maximum absolute atomic E-state index is 10.9. The molecule has 3 nitrogen and oxygen atoms in total. The summed E-state index contributed by atoms with van der Waals surface area (Å²) in [5.41, 5.74) is 2.68. The summed E-state index contributed by atoms with van der Waals surface area (Å²) in [7, 11) is 1.68. The Balaban J connectivity index is 2.72. The number of hydrogen-bond donors (Lipinski definition) is 0. The summed E-state index contributed by atoms with van der Waals surface area (Å²) < 4.78 is 1.47.